The van der Waals surface area contributed by atoms with E-state index in [4.69, 9.17) is 5.73 Å². The Kier molecular flexibility index (Phi) is 6.08. The van der Waals surface area contributed by atoms with Crippen molar-refractivity contribution < 1.29 is 39.9 Å². The third-order valence-electron chi connectivity index (χ3n) is 7.96. The second-order valence-corrected chi connectivity index (χ2v) is 11.4. The third kappa shape index (κ3) is 3.64. The summed E-state index contributed by atoms with van der Waals surface area (Å²) in [4.78, 5) is 37.9. The number of aliphatic hydroxyl groups is 4. The van der Waals surface area contributed by atoms with Crippen LogP contribution in [0.25, 0.3) is 5.76 Å². The molecule has 9 heteroatoms. The van der Waals surface area contributed by atoms with Gasteiger partial charge < -0.3 is 31.3 Å². The molecular weight excluding hydrogens is 466 g/mol. The second-order valence-electron chi connectivity index (χ2n) is 11.4. The van der Waals surface area contributed by atoms with E-state index in [1.54, 1.807) is 19.1 Å². The zero-order valence-corrected chi connectivity index (χ0v) is 20.8. The lowest BCUT2D eigenvalue weighted by atomic mass is 9.55. The summed E-state index contributed by atoms with van der Waals surface area (Å²) in [6, 6.07) is 3.50. The molecule has 7 N–H and O–H groups in total. The van der Waals surface area contributed by atoms with Crippen LogP contribution in [0.3, 0.4) is 0 Å². The van der Waals surface area contributed by atoms with Crippen molar-refractivity contribution in [2.45, 2.75) is 71.0 Å². The van der Waals surface area contributed by atoms with Crippen LogP contribution in [-0.4, -0.2) is 54.7 Å². The molecule has 194 valence electrons. The summed E-state index contributed by atoms with van der Waals surface area (Å²) in [7, 11) is 0. The number of fused-ring (bicyclic) bond motifs is 3. The monoisotopic (exact) mass is 499 g/mol. The summed E-state index contributed by atoms with van der Waals surface area (Å²) in [5.74, 6) is -8.41. The summed E-state index contributed by atoms with van der Waals surface area (Å²) >= 11 is 0. The maximum absolute atomic E-state index is 13.7. The van der Waals surface area contributed by atoms with Crippen molar-refractivity contribution in [3.8, 4) is 5.75 Å². The number of hydrogen-bond acceptors (Lipinski definition) is 8. The summed E-state index contributed by atoms with van der Waals surface area (Å²) in [5.41, 5.74) is 2.34. The zero-order chi connectivity index (χ0) is 26.9. The summed E-state index contributed by atoms with van der Waals surface area (Å²) in [6.45, 7) is 8.05. The van der Waals surface area contributed by atoms with E-state index < -0.39 is 70.4 Å². The van der Waals surface area contributed by atoms with Crippen molar-refractivity contribution in [2.24, 2.45) is 23.0 Å². The number of aryl methyl sites for hydroxylation is 1. The highest BCUT2D eigenvalue weighted by atomic mass is 16.4. The van der Waals surface area contributed by atoms with Crippen LogP contribution in [0.1, 0.15) is 69.6 Å². The van der Waals surface area contributed by atoms with Gasteiger partial charge in [-0.15, -0.1) is 0 Å². The van der Waals surface area contributed by atoms with Crippen molar-refractivity contribution >= 4 is 23.2 Å². The van der Waals surface area contributed by atoms with Crippen molar-refractivity contribution in [2.75, 3.05) is 0 Å². The first-order valence-corrected chi connectivity index (χ1v) is 12.1. The molecule has 0 aromatic heterocycles. The number of carbonyl (C=O) groups excluding carboxylic acids is 3. The minimum atomic E-state index is -2.82. The Labute approximate surface area is 208 Å². The Balaban J connectivity index is 1.86. The lowest BCUT2D eigenvalue weighted by Crippen LogP contribution is -2.63. The number of hydrogen-bond donors (Lipinski definition) is 6. The number of aromatic hydroxyl groups is 1. The Bertz CT molecular complexity index is 1240. The number of amides is 1. The van der Waals surface area contributed by atoms with Crippen molar-refractivity contribution in [3.63, 3.8) is 0 Å². The van der Waals surface area contributed by atoms with E-state index in [0.717, 1.165) is 12.8 Å². The Morgan fingerprint density at radius 3 is 2.39 bits per heavy atom. The highest BCUT2D eigenvalue weighted by Crippen LogP contribution is 2.55. The SMILES string of the molecule is C[C@H]1c2ccc(CCCC(C)(C)C)c(O)c2C(O)=C2C(=O)[C@]3(O)C(O)=C(C(N)=O)C(=O)C[C@@H]3[C@@H](O)[C@@H]21. The molecule has 4 rings (SSSR count). The standard InChI is InChI=1S/C27H33NO8/c1-11-13-8-7-12(6-5-9-26(2,3)4)20(30)17(13)22(32)19-16(11)21(31)14-10-15(29)18(25(28)35)23(33)27(14,36)24(19)34/h7-8,11,14,16,21,30-33,36H,5-6,9-10H2,1-4H3,(H2,28,35)/t11-,14+,16+,21+,27+/m0/s1. The van der Waals surface area contributed by atoms with Gasteiger partial charge in [-0.3, -0.25) is 14.4 Å². The molecule has 1 fully saturated rings. The zero-order valence-electron chi connectivity index (χ0n) is 20.8. The fraction of sp³-hybridized carbons (Fsp3) is 0.519. The molecule has 5 atom stereocenters. The van der Waals surface area contributed by atoms with Gasteiger partial charge in [0.25, 0.3) is 5.91 Å². The van der Waals surface area contributed by atoms with Gasteiger partial charge in [-0.2, -0.15) is 0 Å². The van der Waals surface area contributed by atoms with Gasteiger partial charge in [-0.05, 0) is 41.7 Å². The number of aliphatic hydroxyl groups excluding tert-OH is 3. The van der Waals surface area contributed by atoms with E-state index in [0.29, 0.717) is 17.5 Å². The van der Waals surface area contributed by atoms with Crippen LogP contribution in [0.4, 0.5) is 0 Å². The molecule has 0 aliphatic heterocycles. The molecule has 1 saturated carbocycles. The average molecular weight is 500 g/mol. The molecule has 36 heavy (non-hydrogen) atoms. The number of Topliss-reactive ketones (excluding diaryl/α,β-unsaturated/α-hetero) is 2. The molecule has 0 saturated heterocycles. The largest absolute Gasteiger partial charge is 0.508 e. The molecule has 3 aliphatic rings. The molecule has 9 nitrogen and oxygen atoms in total. The number of primary amides is 1. The van der Waals surface area contributed by atoms with E-state index in [9.17, 15) is 39.9 Å². The van der Waals surface area contributed by atoms with Crippen LogP contribution >= 0.6 is 0 Å². The van der Waals surface area contributed by atoms with Gasteiger partial charge in [0.05, 0.1) is 11.7 Å². The van der Waals surface area contributed by atoms with Gasteiger partial charge in [0, 0.05) is 23.8 Å². The van der Waals surface area contributed by atoms with Crippen molar-refractivity contribution in [1.82, 2.24) is 0 Å². The van der Waals surface area contributed by atoms with Gasteiger partial charge in [0.1, 0.15) is 22.8 Å². The van der Waals surface area contributed by atoms with E-state index in [1.807, 2.05) is 0 Å². The molecule has 0 heterocycles. The van der Waals surface area contributed by atoms with Crippen LogP contribution in [0.15, 0.2) is 29.0 Å². The van der Waals surface area contributed by atoms with E-state index >= 15 is 0 Å². The molecule has 1 aromatic carbocycles. The molecule has 0 unspecified atom stereocenters. The minimum Gasteiger partial charge on any atom is -0.508 e. The number of phenolic OH excluding ortho intramolecular Hbond substituents is 1. The Morgan fingerprint density at radius 2 is 1.81 bits per heavy atom. The number of benzene rings is 1. The van der Waals surface area contributed by atoms with Gasteiger partial charge in [-0.1, -0.05) is 39.8 Å². The Morgan fingerprint density at radius 1 is 1.17 bits per heavy atom. The molecular formula is C27H33NO8. The van der Waals surface area contributed by atoms with Gasteiger partial charge >= 0.3 is 0 Å². The first kappa shape index (κ1) is 25.9. The maximum atomic E-state index is 13.7. The van der Waals surface area contributed by atoms with E-state index in [-0.39, 0.29) is 22.3 Å². The topological polar surface area (TPSA) is 178 Å². The number of phenols is 1. The van der Waals surface area contributed by atoms with Crippen LogP contribution in [0, 0.1) is 17.3 Å². The predicted octanol–water partition coefficient (Wildman–Crippen LogP) is 2.32. The number of rotatable bonds is 4. The molecule has 1 amide bonds. The highest BCUT2D eigenvalue weighted by Gasteiger charge is 2.64. The van der Waals surface area contributed by atoms with Crippen LogP contribution in [0.5, 0.6) is 5.75 Å². The number of ketones is 2. The summed E-state index contributed by atoms with van der Waals surface area (Å²) in [5, 5.41) is 55.6. The first-order chi connectivity index (χ1) is 16.6. The molecule has 1 aromatic rings. The van der Waals surface area contributed by atoms with Crippen molar-refractivity contribution in [1.29, 1.82) is 0 Å². The molecule has 0 radical (unpaired) electrons. The normalized spacial score (nSPS) is 30.2. The summed E-state index contributed by atoms with van der Waals surface area (Å²) in [6.07, 6.45) is 0.108. The van der Waals surface area contributed by atoms with Gasteiger partial charge in [0.2, 0.25) is 5.78 Å². The predicted molar refractivity (Wildman–Crippen MR) is 130 cm³/mol. The maximum Gasteiger partial charge on any atom is 0.255 e. The van der Waals surface area contributed by atoms with Gasteiger partial charge in [0.15, 0.2) is 11.4 Å². The fourth-order valence-corrected chi connectivity index (χ4v) is 6.05. The first-order valence-electron chi connectivity index (χ1n) is 12.1. The second kappa shape index (κ2) is 8.45. The van der Waals surface area contributed by atoms with E-state index in [1.165, 1.54) is 0 Å². The molecule has 3 aliphatic carbocycles. The quantitative estimate of drug-likeness (QED) is 0.342. The van der Waals surface area contributed by atoms with Crippen LogP contribution < -0.4 is 5.73 Å². The van der Waals surface area contributed by atoms with E-state index in [2.05, 4.69) is 20.8 Å². The lowest BCUT2D eigenvalue weighted by molar-refractivity contribution is -0.160. The number of carbonyl (C=O) groups is 3. The van der Waals surface area contributed by atoms with Crippen LogP contribution in [-0.2, 0) is 20.8 Å². The van der Waals surface area contributed by atoms with Crippen LogP contribution in [0.2, 0.25) is 0 Å². The van der Waals surface area contributed by atoms with Crippen molar-refractivity contribution in [3.05, 3.63) is 45.7 Å². The Hall–Kier alpha value is -3.17. The number of nitrogens with two attached hydrogens (primary N) is 1. The minimum absolute atomic E-state index is 0.0371. The summed E-state index contributed by atoms with van der Waals surface area (Å²) < 4.78 is 0. The fourth-order valence-electron chi connectivity index (χ4n) is 6.05. The average Bonchev–Trinajstić information content (AvgIpc) is 2.76. The highest BCUT2D eigenvalue weighted by molar-refractivity contribution is 6.23. The third-order valence-corrected chi connectivity index (χ3v) is 7.96. The molecule has 0 spiro atoms. The lowest BCUT2D eigenvalue weighted by Gasteiger charge is -2.50. The smallest absolute Gasteiger partial charge is 0.255 e. The van der Waals surface area contributed by atoms with Gasteiger partial charge in [-0.25, -0.2) is 0 Å². The molecule has 0 bridgehead atoms.